The number of hydrogen-bond donors (Lipinski definition) is 1. The zero-order chi connectivity index (χ0) is 14.7. The van der Waals surface area contributed by atoms with Crippen molar-refractivity contribution in [2.45, 2.75) is 12.2 Å². The number of halogens is 1. The highest BCUT2D eigenvalue weighted by atomic mass is 32.1. The molecule has 2 heterocycles. The van der Waals surface area contributed by atoms with E-state index in [0.717, 1.165) is 17.1 Å². The van der Waals surface area contributed by atoms with E-state index in [1.807, 2.05) is 5.38 Å². The van der Waals surface area contributed by atoms with Gasteiger partial charge >= 0.3 is 0 Å². The summed E-state index contributed by atoms with van der Waals surface area (Å²) in [5.41, 5.74) is 0.730. The number of aliphatic hydroxyl groups excluding tert-OH is 1. The van der Waals surface area contributed by atoms with Crippen LogP contribution in [-0.2, 0) is 4.74 Å². The van der Waals surface area contributed by atoms with Crippen LogP contribution in [0.5, 0.6) is 0 Å². The molecule has 0 unspecified atom stereocenters. The summed E-state index contributed by atoms with van der Waals surface area (Å²) in [7, 11) is 0. The molecule has 1 aliphatic rings. The van der Waals surface area contributed by atoms with Gasteiger partial charge in [0.2, 0.25) is 0 Å². The van der Waals surface area contributed by atoms with Crippen molar-refractivity contribution in [1.29, 1.82) is 0 Å². The number of nitrogens with zero attached hydrogens (tertiary/aromatic N) is 2. The molecule has 2 atom stereocenters. The van der Waals surface area contributed by atoms with Crippen LogP contribution in [0.15, 0.2) is 35.8 Å². The maximum absolute atomic E-state index is 12.9. The standard InChI is InChI=1S/C15H17FN2O2S/c16-12-3-1-11(2-4-12)13(19)9-18-6-7-20-14(10-18)15-17-5-8-21-15/h1-5,8,13-14,19H,6-7,9-10H2/t13-,14+/m0/s1. The second-order valence-electron chi connectivity index (χ2n) is 5.06. The van der Waals surface area contributed by atoms with Crippen LogP contribution in [0.3, 0.4) is 0 Å². The van der Waals surface area contributed by atoms with Gasteiger partial charge in [0, 0.05) is 31.2 Å². The molecule has 0 saturated carbocycles. The van der Waals surface area contributed by atoms with Crippen molar-refractivity contribution in [2.24, 2.45) is 0 Å². The van der Waals surface area contributed by atoms with Crippen molar-refractivity contribution in [2.75, 3.05) is 26.2 Å². The third-order valence-corrected chi connectivity index (χ3v) is 4.43. The minimum absolute atomic E-state index is 0.0285. The van der Waals surface area contributed by atoms with Crippen molar-refractivity contribution in [3.63, 3.8) is 0 Å². The Morgan fingerprint density at radius 2 is 2.24 bits per heavy atom. The molecule has 0 radical (unpaired) electrons. The molecule has 0 spiro atoms. The van der Waals surface area contributed by atoms with Gasteiger partial charge in [-0.25, -0.2) is 9.37 Å². The van der Waals surface area contributed by atoms with Gasteiger partial charge in [-0.05, 0) is 17.7 Å². The highest BCUT2D eigenvalue weighted by Crippen LogP contribution is 2.25. The summed E-state index contributed by atoms with van der Waals surface area (Å²) in [5.74, 6) is -0.291. The predicted octanol–water partition coefficient (Wildman–Crippen LogP) is 2.39. The molecule has 1 aromatic heterocycles. The molecule has 1 aliphatic heterocycles. The Kier molecular flexibility index (Phi) is 4.60. The van der Waals surface area contributed by atoms with Crippen LogP contribution in [-0.4, -0.2) is 41.2 Å². The van der Waals surface area contributed by atoms with E-state index in [-0.39, 0.29) is 11.9 Å². The van der Waals surface area contributed by atoms with E-state index >= 15 is 0 Å². The van der Waals surface area contributed by atoms with Crippen molar-refractivity contribution < 1.29 is 14.2 Å². The van der Waals surface area contributed by atoms with Crippen LogP contribution in [0.25, 0.3) is 0 Å². The van der Waals surface area contributed by atoms with Gasteiger partial charge in [-0.3, -0.25) is 4.90 Å². The van der Waals surface area contributed by atoms with Gasteiger partial charge in [-0.2, -0.15) is 0 Å². The molecule has 6 heteroatoms. The Morgan fingerprint density at radius 3 is 2.95 bits per heavy atom. The average Bonchev–Trinajstić information content (AvgIpc) is 3.02. The minimum atomic E-state index is -0.624. The van der Waals surface area contributed by atoms with Crippen LogP contribution in [0, 0.1) is 5.82 Å². The lowest BCUT2D eigenvalue weighted by molar-refractivity contribution is -0.0424. The molecule has 0 bridgehead atoms. The maximum atomic E-state index is 12.9. The summed E-state index contributed by atoms with van der Waals surface area (Å²) in [6, 6.07) is 5.99. The first-order chi connectivity index (χ1) is 10.2. The van der Waals surface area contributed by atoms with Crippen LogP contribution in [0.1, 0.15) is 22.8 Å². The van der Waals surface area contributed by atoms with Crippen LogP contribution in [0.2, 0.25) is 0 Å². The largest absolute Gasteiger partial charge is 0.387 e. The van der Waals surface area contributed by atoms with Gasteiger partial charge in [0.05, 0.1) is 12.7 Å². The Morgan fingerprint density at radius 1 is 1.43 bits per heavy atom. The lowest BCUT2D eigenvalue weighted by Crippen LogP contribution is -2.40. The lowest BCUT2D eigenvalue weighted by Gasteiger charge is -2.33. The SMILES string of the molecule is O[C@@H](CN1CCO[C@@H](c2nccs2)C1)c1ccc(F)cc1. The molecule has 112 valence electrons. The van der Waals surface area contributed by atoms with Gasteiger partial charge in [0.1, 0.15) is 16.9 Å². The van der Waals surface area contributed by atoms with Crippen molar-refractivity contribution in [3.8, 4) is 0 Å². The summed E-state index contributed by atoms with van der Waals surface area (Å²) >= 11 is 1.58. The number of β-amino-alcohol motifs (C(OH)–C–C–N with tert-alkyl or cyclic N) is 1. The van der Waals surface area contributed by atoms with E-state index in [9.17, 15) is 9.50 Å². The molecule has 0 aliphatic carbocycles. The molecule has 1 fully saturated rings. The summed E-state index contributed by atoms with van der Waals surface area (Å²) in [6.07, 6.45) is 1.12. The van der Waals surface area contributed by atoms with Gasteiger partial charge in [-0.1, -0.05) is 12.1 Å². The summed E-state index contributed by atoms with van der Waals surface area (Å²) in [5, 5.41) is 13.2. The number of thiazole rings is 1. The van der Waals surface area contributed by atoms with E-state index in [2.05, 4.69) is 9.88 Å². The molecule has 1 N–H and O–H groups in total. The maximum Gasteiger partial charge on any atom is 0.123 e. The molecule has 4 nitrogen and oxygen atoms in total. The highest BCUT2D eigenvalue weighted by Gasteiger charge is 2.25. The first-order valence-electron chi connectivity index (χ1n) is 6.89. The number of morpholine rings is 1. The van der Waals surface area contributed by atoms with E-state index in [1.54, 1.807) is 29.7 Å². The quantitative estimate of drug-likeness (QED) is 0.942. The fourth-order valence-corrected chi connectivity index (χ4v) is 3.12. The third kappa shape index (κ3) is 3.65. The normalized spacial score (nSPS) is 21.3. The van der Waals surface area contributed by atoms with E-state index < -0.39 is 6.10 Å². The second kappa shape index (κ2) is 6.62. The first kappa shape index (κ1) is 14.6. The lowest BCUT2D eigenvalue weighted by atomic mass is 10.1. The molecule has 21 heavy (non-hydrogen) atoms. The summed E-state index contributed by atoms with van der Waals surface area (Å²) < 4.78 is 18.6. The molecular weight excluding hydrogens is 291 g/mol. The number of benzene rings is 1. The minimum Gasteiger partial charge on any atom is -0.387 e. The van der Waals surface area contributed by atoms with Crippen LogP contribution < -0.4 is 0 Å². The number of ether oxygens (including phenoxy) is 1. The summed E-state index contributed by atoms with van der Waals surface area (Å²) in [6.45, 7) is 2.63. The van der Waals surface area contributed by atoms with E-state index in [1.165, 1.54) is 12.1 Å². The van der Waals surface area contributed by atoms with Crippen molar-refractivity contribution in [1.82, 2.24) is 9.88 Å². The summed E-state index contributed by atoms with van der Waals surface area (Å²) in [4.78, 5) is 6.44. The molecule has 1 saturated heterocycles. The van der Waals surface area contributed by atoms with E-state index in [0.29, 0.717) is 19.7 Å². The second-order valence-corrected chi connectivity index (χ2v) is 5.98. The highest BCUT2D eigenvalue weighted by molar-refractivity contribution is 7.09. The number of hydrogen-bond acceptors (Lipinski definition) is 5. The fraction of sp³-hybridized carbons (Fsp3) is 0.400. The molecule has 3 rings (SSSR count). The number of rotatable bonds is 4. The van der Waals surface area contributed by atoms with Crippen molar-refractivity contribution in [3.05, 3.63) is 52.2 Å². The topological polar surface area (TPSA) is 45.6 Å². The van der Waals surface area contributed by atoms with Gasteiger partial charge < -0.3 is 9.84 Å². The van der Waals surface area contributed by atoms with Gasteiger partial charge in [0.25, 0.3) is 0 Å². The fourth-order valence-electron chi connectivity index (χ4n) is 2.45. The van der Waals surface area contributed by atoms with Crippen molar-refractivity contribution >= 4 is 11.3 Å². The zero-order valence-corrected chi connectivity index (χ0v) is 12.3. The first-order valence-corrected chi connectivity index (χ1v) is 7.77. The molecule has 0 amide bonds. The monoisotopic (exact) mass is 308 g/mol. The average molecular weight is 308 g/mol. The van der Waals surface area contributed by atoms with Gasteiger partial charge in [0.15, 0.2) is 0 Å². The van der Waals surface area contributed by atoms with Crippen LogP contribution in [0.4, 0.5) is 4.39 Å². The Labute approximate surface area is 126 Å². The molecule has 2 aromatic rings. The molecular formula is C15H17FN2O2S. The Bertz CT molecular complexity index is 562. The molecule has 1 aromatic carbocycles. The van der Waals surface area contributed by atoms with E-state index in [4.69, 9.17) is 4.74 Å². The number of aromatic nitrogens is 1. The smallest absolute Gasteiger partial charge is 0.123 e. The third-order valence-electron chi connectivity index (χ3n) is 3.56. The number of aliphatic hydroxyl groups is 1. The Balaban J connectivity index is 1.60. The van der Waals surface area contributed by atoms with Gasteiger partial charge in [-0.15, -0.1) is 11.3 Å². The predicted molar refractivity (Wildman–Crippen MR) is 78.6 cm³/mol. The zero-order valence-electron chi connectivity index (χ0n) is 11.5. The van der Waals surface area contributed by atoms with Crippen LogP contribution >= 0.6 is 11.3 Å². The Hall–Kier alpha value is -1.34.